The van der Waals surface area contributed by atoms with Gasteiger partial charge >= 0.3 is 6.36 Å². The molecule has 152 valence electrons. The van der Waals surface area contributed by atoms with Gasteiger partial charge in [0, 0.05) is 12.1 Å². The molecule has 0 spiro atoms. The number of alkyl halides is 3. The molecule has 0 heterocycles. The number of anilines is 1. The molecule has 0 aromatic heterocycles. The predicted molar refractivity (Wildman–Crippen MR) is 97.3 cm³/mol. The number of rotatable bonds is 7. The molecule has 0 saturated heterocycles. The van der Waals surface area contributed by atoms with Crippen LogP contribution in [0.15, 0.2) is 47.4 Å². The second kappa shape index (κ2) is 8.61. The first-order chi connectivity index (χ1) is 13.0. The minimum atomic E-state index is -4.76. The molecule has 0 radical (unpaired) electrons. The van der Waals surface area contributed by atoms with Gasteiger partial charge in [-0.3, -0.25) is 4.79 Å². The van der Waals surface area contributed by atoms with Crippen molar-refractivity contribution in [2.45, 2.75) is 37.4 Å². The number of nitrogens with two attached hydrogens (primary N) is 1. The number of benzene rings is 2. The largest absolute Gasteiger partial charge is 0.573 e. The van der Waals surface area contributed by atoms with E-state index >= 15 is 0 Å². The van der Waals surface area contributed by atoms with Crippen molar-refractivity contribution in [2.24, 2.45) is 5.14 Å². The van der Waals surface area contributed by atoms with Gasteiger partial charge in [0.1, 0.15) is 5.75 Å². The summed E-state index contributed by atoms with van der Waals surface area (Å²) in [5, 5.41) is 7.78. The third-order valence-corrected chi connectivity index (χ3v) is 4.83. The maximum atomic E-state index is 12.1. The van der Waals surface area contributed by atoms with Crippen molar-refractivity contribution in [1.82, 2.24) is 0 Å². The maximum absolute atomic E-state index is 12.1. The van der Waals surface area contributed by atoms with Crippen LogP contribution in [0.4, 0.5) is 18.9 Å². The van der Waals surface area contributed by atoms with Crippen LogP contribution in [-0.4, -0.2) is 20.7 Å². The molecule has 2 rings (SSSR count). The number of carbonyl (C=O) groups is 1. The molecule has 0 aliphatic carbocycles. The Bertz CT molecular complexity index is 942. The number of hydrogen-bond acceptors (Lipinski definition) is 4. The highest BCUT2D eigenvalue weighted by molar-refractivity contribution is 7.89. The molecule has 0 saturated carbocycles. The number of sulfonamides is 1. The van der Waals surface area contributed by atoms with Gasteiger partial charge in [0.25, 0.3) is 0 Å². The van der Waals surface area contributed by atoms with Crippen molar-refractivity contribution >= 4 is 21.6 Å². The van der Waals surface area contributed by atoms with E-state index in [0.717, 1.165) is 0 Å². The summed E-state index contributed by atoms with van der Waals surface area (Å²) in [4.78, 5) is 12.0. The SMILES string of the molecule is CCc1ccc(NC(=O)CCc2ccc(OC(F)(F)F)cc2)cc1S(N)(=O)=O. The lowest BCUT2D eigenvalue weighted by Gasteiger charge is -2.11. The molecule has 1 amide bonds. The summed E-state index contributed by atoms with van der Waals surface area (Å²) in [6.07, 6.45) is -3.95. The molecule has 0 unspecified atom stereocenters. The van der Waals surface area contributed by atoms with Crippen LogP contribution in [0, 0.1) is 0 Å². The number of aryl methyl sites for hydroxylation is 2. The molecule has 2 aromatic rings. The van der Waals surface area contributed by atoms with E-state index in [1.807, 2.05) is 0 Å². The third-order valence-electron chi connectivity index (χ3n) is 3.84. The van der Waals surface area contributed by atoms with Crippen molar-refractivity contribution in [3.8, 4) is 5.75 Å². The molecular weight excluding hydrogens is 397 g/mol. The average Bonchev–Trinajstić information content (AvgIpc) is 2.59. The highest BCUT2D eigenvalue weighted by Gasteiger charge is 2.30. The highest BCUT2D eigenvalue weighted by atomic mass is 32.2. The molecule has 28 heavy (non-hydrogen) atoms. The van der Waals surface area contributed by atoms with Crippen LogP contribution in [0.2, 0.25) is 0 Å². The molecule has 3 N–H and O–H groups in total. The van der Waals surface area contributed by atoms with E-state index in [9.17, 15) is 26.4 Å². The van der Waals surface area contributed by atoms with Gasteiger partial charge in [-0.25, -0.2) is 13.6 Å². The van der Waals surface area contributed by atoms with E-state index in [1.54, 1.807) is 19.1 Å². The van der Waals surface area contributed by atoms with Crippen LogP contribution in [0.1, 0.15) is 24.5 Å². The quantitative estimate of drug-likeness (QED) is 0.723. The topological polar surface area (TPSA) is 98.5 Å². The van der Waals surface area contributed by atoms with Crippen LogP contribution in [0.25, 0.3) is 0 Å². The fourth-order valence-corrected chi connectivity index (χ4v) is 3.40. The molecule has 0 aliphatic heterocycles. The van der Waals surface area contributed by atoms with Gasteiger partial charge in [-0.2, -0.15) is 0 Å². The van der Waals surface area contributed by atoms with Gasteiger partial charge in [-0.1, -0.05) is 25.1 Å². The van der Waals surface area contributed by atoms with Crippen molar-refractivity contribution in [2.75, 3.05) is 5.32 Å². The van der Waals surface area contributed by atoms with Crippen molar-refractivity contribution in [1.29, 1.82) is 0 Å². The normalized spacial score (nSPS) is 11.9. The minimum Gasteiger partial charge on any atom is -0.406 e. The van der Waals surface area contributed by atoms with E-state index in [0.29, 0.717) is 23.2 Å². The van der Waals surface area contributed by atoms with E-state index in [4.69, 9.17) is 5.14 Å². The molecule has 0 atom stereocenters. The van der Waals surface area contributed by atoms with Crippen LogP contribution in [-0.2, 0) is 27.7 Å². The Hall–Kier alpha value is -2.59. The first kappa shape index (κ1) is 21.7. The van der Waals surface area contributed by atoms with E-state index in [-0.39, 0.29) is 29.4 Å². The Kier molecular flexibility index (Phi) is 6.68. The standard InChI is InChI=1S/C18H19F3N2O4S/c1-2-13-6-7-14(11-16(13)28(22,25)26)23-17(24)10-5-12-3-8-15(9-4-12)27-18(19,20)21/h3-4,6-9,11H,2,5,10H2,1H3,(H,23,24)(H2,22,25,26). The van der Waals surface area contributed by atoms with Crippen LogP contribution in [0.5, 0.6) is 5.75 Å². The maximum Gasteiger partial charge on any atom is 0.573 e. The summed E-state index contributed by atoms with van der Waals surface area (Å²) >= 11 is 0. The van der Waals surface area contributed by atoms with E-state index < -0.39 is 16.4 Å². The summed E-state index contributed by atoms with van der Waals surface area (Å²) in [5.74, 6) is -0.715. The van der Waals surface area contributed by atoms with Gasteiger partial charge in [0.05, 0.1) is 4.90 Å². The summed E-state index contributed by atoms with van der Waals surface area (Å²) in [6, 6.07) is 9.66. The second-order valence-corrected chi connectivity index (χ2v) is 7.49. The minimum absolute atomic E-state index is 0.0481. The van der Waals surface area contributed by atoms with Crippen molar-refractivity contribution in [3.05, 3.63) is 53.6 Å². The zero-order chi connectivity index (χ0) is 20.9. The van der Waals surface area contributed by atoms with E-state index in [1.165, 1.54) is 30.3 Å². The number of carbonyl (C=O) groups excluding carboxylic acids is 1. The summed E-state index contributed by atoms with van der Waals surface area (Å²) in [6.45, 7) is 1.79. The van der Waals surface area contributed by atoms with Gasteiger partial charge < -0.3 is 10.1 Å². The Morgan fingerprint density at radius 2 is 1.79 bits per heavy atom. The fourth-order valence-electron chi connectivity index (χ4n) is 2.53. The monoisotopic (exact) mass is 416 g/mol. The molecule has 6 nitrogen and oxygen atoms in total. The molecule has 0 bridgehead atoms. The molecule has 10 heteroatoms. The van der Waals surface area contributed by atoms with Crippen LogP contribution in [0.3, 0.4) is 0 Å². The smallest absolute Gasteiger partial charge is 0.406 e. The third kappa shape index (κ3) is 6.54. The number of nitrogens with one attached hydrogen (secondary N) is 1. The molecule has 2 aromatic carbocycles. The zero-order valence-corrected chi connectivity index (χ0v) is 15.7. The van der Waals surface area contributed by atoms with Crippen LogP contribution >= 0.6 is 0 Å². The Labute approximate surface area is 160 Å². The summed E-state index contributed by atoms with van der Waals surface area (Å²) in [7, 11) is -3.92. The number of primary sulfonamides is 1. The lowest BCUT2D eigenvalue weighted by molar-refractivity contribution is -0.274. The summed E-state index contributed by atoms with van der Waals surface area (Å²) in [5.41, 5.74) is 1.48. The molecule has 0 fully saturated rings. The Balaban J connectivity index is 1.97. The number of halogens is 3. The van der Waals surface area contributed by atoms with Gasteiger partial charge in [0.15, 0.2) is 0 Å². The van der Waals surface area contributed by atoms with Crippen molar-refractivity contribution in [3.63, 3.8) is 0 Å². The average molecular weight is 416 g/mol. The highest BCUT2D eigenvalue weighted by Crippen LogP contribution is 2.23. The van der Waals surface area contributed by atoms with Gasteiger partial charge in [0.2, 0.25) is 15.9 Å². The lowest BCUT2D eigenvalue weighted by atomic mass is 10.1. The first-order valence-electron chi connectivity index (χ1n) is 8.28. The number of ether oxygens (including phenoxy) is 1. The van der Waals surface area contributed by atoms with Crippen LogP contribution < -0.4 is 15.2 Å². The van der Waals surface area contributed by atoms with E-state index in [2.05, 4.69) is 10.1 Å². The molecule has 0 aliphatic rings. The second-order valence-electron chi connectivity index (χ2n) is 5.96. The Morgan fingerprint density at radius 1 is 1.14 bits per heavy atom. The van der Waals surface area contributed by atoms with Crippen molar-refractivity contribution < 1.29 is 31.1 Å². The first-order valence-corrected chi connectivity index (χ1v) is 9.83. The van der Waals surface area contributed by atoms with Gasteiger partial charge in [-0.15, -0.1) is 13.2 Å². The fraction of sp³-hybridized carbons (Fsp3) is 0.278. The Morgan fingerprint density at radius 3 is 2.32 bits per heavy atom. The van der Waals surface area contributed by atoms with Gasteiger partial charge in [-0.05, 0) is 48.2 Å². The summed E-state index contributed by atoms with van der Waals surface area (Å²) < 4.78 is 63.5. The number of amides is 1. The zero-order valence-electron chi connectivity index (χ0n) is 14.9. The lowest BCUT2D eigenvalue weighted by Crippen LogP contribution is -2.17. The number of hydrogen-bond donors (Lipinski definition) is 2. The molecular formula is C18H19F3N2O4S. The predicted octanol–water partition coefficient (Wildman–Crippen LogP) is 3.37.